The first-order valence-corrected chi connectivity index (χ1v) is 6.27. The van der Waals surface area contributed by atoms with Crippen LogP contribution in [0, 0.1) is 29.6 Å². The molecule has 1 aromatic heterocycles. The van der Waals surface area contributed by atoms with Crippen molar-refractivity contribution >= 4 is 22.7 Å². The molecule has 92 valence electrons. The number of aryl methyl sites for hydroxylation is 1. The number of benzene rings is 1. The number of hydrogen-bond acceptors (Lipinski definition) is 6. The summed E-state index contributed by atoms with van der Waals surface area (Å²) >= 11 is 1.59. The van der Waals surface area contributed by atoms with Crippen LogP contribution in [0.15, 0.2) is 34.7 Å². The van der Waals surface area contributed by atoms with Gasteiger partial charge in [-0.3, -0.25) is 5.43 Å². The van der Waals surface area contributed by atoms with E-state index in [1.807, 2.05) is 30.5 Å². The summed E-state index contributed by atoms with van der Waals surface area (Å²) in [5.41, 5.74) is 5.03. The van der Waals surface area contributed by atoms with Gasteiger partial charge in [0.25, 0.3) is 0 Å². The Morgan fingerprint density at radius 2 is 2.16 bits per heavy atom. The standard InChI is InChI=1S/C13H9N5S/c1-9-16-13(8-19-9)10-3-2-4-11(5-10)17-18-12(6-14)7-15/h2-5,8,17H,1H3. The summed E-state index contributed by atoms with van der Waals surface area (Å²) in [7, 11) is 0. The lowest BCUT2D eigenvalue weighted by Gasteiger charge is -2.02. The van der Waals surface area contributed by atoms with Gasteiger partial charge in [-0.2, -0.15) is 15.6 Å². The summed E-state index contributed by atoms with van der Waals surface area (Å²) < 4.78 is 0. The number of rotatable bonds is 3. The average molecular weight is 267 g/mol. The highest BCUT2D eigenvalue weighted by Gasteiger charge is 2.03. The molecule has 5 nitrogen and oxygen atoms in total. The molecular weight excluding hydrogens is 258 g/mol. The Bertz CT molecular complexity index is 686. The van der Waals surface area contributed by atoms with Crippen LogP contribution in [0.25, 0.3) is 11.3 Å². The highest BCUT2D eigenvalue weighted by Crippen LogP contribution is 2.24. The molecule has 19 heavy (non-hydrogen) atoms. The zero-order chi connectivity index (χ0) is 13.7. The third-order valence-corrected chi connectivity index (χ3v) is 3.06. The van der Waals surface area contributed by atoms with Crippen LogP contribution < -0.4 is 5.43 Å². The van der Waals surface area contributed by atoms with E-state index < -0.39 is 0 Å². The van der Waals surface area contributed by atoms with Crippen LogP contribution in [0.5, 0.6) is 0 Å². The van der Waals surface area contributed by atoms with E-state index in [-0.39, 0.29) is 5.71 Å². The summed E-state index contributed by atoms with van der Waals surface area (Å²) in [6.45, 7) is 1.95. The van der Waals surface area contributed by atoms with Crippen molar-refractivity contribution in [3.8, 4) is 23.4 Å². The van der Waals surface area contributed by atoms with Crippen LogP contribution in [0.1, 0.15) is 5.01 Å². The smallest absolute Gasteiger partial charge is 0.237 e. The third-order valence-electron chi connectivity index (χ3n) is 2.29. The maximum atomic E-state index is 8.59. The maximum absolute atomic E-state index is 8.59. The van der Waals surface area contributed by atoms with Crippen LogP contribution in [-0.4, -0.2) is 10.7 Å². The van der Waals surface area contributed by atoms with Gasteiger partial charge in [0, 0.05) is 10.9 Å². The fraction of sp³-hybridized carbons (Fsp3) is 0.0769. The van der Waals surface area contributed by atoms with E-state index >= 15 is 0 Å². The predicted molar refractivity (Wildman–Crippen MR) is 74.6 cm³/mol. The molecule has 6 heteroatoms. The fourth-order valence-corrected chi connectivity index (χ4v) is 2.06. The zero-order valence-corrected chi connectivity index (χ0v) is 10.9. The van der Waals surface area contributed by atoms with Gasteiger partial charge in [0.05, 0.1) is 16.4 Å². The minimum Gasteiger partial charge on any atom is -0.276 e. The number of hydrogen-bond donors (Lipinski definition) is 1. The first kappa shape index (κ1) is 12.7. The number of anilines is 1. The van der Waals surface area contributed by atoms with E-state index in [2.05, 4.69) is 15.5 Å². The monoisotopic (exact) mass is 267 g/mol. The molecule has 0 amide bonds. The van der Waals surface area contributed by atoms with Crippen molar-refractivity contribution in [3.63, 3.8) is 0 Å². The molecule has 0 bridgehead atoms. The quantitative estimate of drug-likeness (QED) is 0.684. The van der Waals surface area contributed by atoms with E-state index in [4.69, 9.17) is 10.5 Å². The number of aromatic nitrogens is 1. The minimum atomic E-state index is -0.213. The summed E-state index contributed by atoms with van der Waals surface area (Å²) in [6, 6.07) is 10.8. The van der Waals surface area contributed by atoms with Crippen molar-refractivity contribution in [2.24, 2.45) is 5.10 Å². The molecule has 0 radical (unpaired) electrons. The van der Waals surface area contributed by atoms with Gasteiger partial charge in [0.15, 0.2) is 0 Å². The first-order valence-electron chi connectivity index (χ1n) is 5.39. The van der Waals surface area contributed by atoms with E-state index in [1.165, 1.54) is 0 Å². The van der Waals surface area contributed by atoms with E-state index in [0.29, 0.717) is 5.69 Å². The third kappa shape index (κ3) is 3.15. The van der Waals surface area contributed by atoms with Gasteiger partial charge in [0.2, 0.25) is 5.71 Å². The molecule has 2 aromatic rings. The van der Waals surface area contributed by atoms with E-state index in [1.54, 1.807) is 29.5 Å². The molecule has 0 saturated carbocycles. The minimum absolute atomic E-state index is 0.213. The van der Waals surface area contributed by atoms with Gasteiger partial charge in [-0.1, -0.05) is 12.1 Å². The Kier molecular flexibility index (Phi) is 3.87. The Balaban J connectivity index is 2.24. The van der Waals surface area contributed by atoms with Crippen molar-refractivity contribution in [2.75, 3.05) is 5.43 Å². The normalized spacial score (nSPS) is 9.21. The number of nitrogens with one attached hydrogen (secondary N) is 1. The predicted octanol–water partition coefficient (Wildman–Crippen LogP) is 2.93. The summed E-state index contributed by atoms with van der Waals surface area (Å²) in [5.74, 6) is 0. The van der Waals surface area contributed by atoms with Gasteiger partial charge in [-0.15, -0.1) is 11.3 Å². The van der Waals surface area contributed by atoms with Crippen LogP contribution in [-0.2, 0) is 0 Å². The Labute approximate surface area is 114 Å². The molecule has 1 N–H and O–H groups in total. The van der Waals surface area contributed by atoms with Gasteiger partial charge >= 0.3 is 0 Å². The number of hydrazone groups is 1. The van der Waals surface area contributed by atoms with Gasteiger partial charge in [-0.25, -0.2) is 4.98 Å². The fourth-order valence-electron chi connectivity index (χ4n) is 1.44. The van der Waals surface area contributed by atoms with Crippen molar-refractivity contribution < 1.29 is 0 Å². The molecule has 0 saturated heterocycles. The van der Waals surface area contributed by atoms with Gasteiger partial charge < -0.3 is 0 Å². The zero-order valence-electron chi connectivity index (χ0n) is 10.1. The largest absolute Gasteiger partial charge is 0.276 e. The lowest BCUT2D eigenvalue weighted by atomic mass is 10.1. The second-order valence-corrected chi connectivity index (χ2v) is 4.69. The van der Waals surface area contributed by atoms with Gasteiger partial charge in [-0.05, 0) is 19.1 Å². The maximum Gasteiger partial charge on any atom is 0.237 e. The van der Waals surface area contributed by atoms with E-state index in [0.717, 1.165) is 16.3 Å². The van der Waals surface area contributed by atoms with Crippen molar-refractivity contribution in [1.29, 1.82) is 10.5 Å². The number of nitrogens with zero attached hydrogens (tertiary/aromatic N) is 4. The van der Waals surface area contributed by atoms with E-state index in [9.17, 15) is 0 Å². The molecule has 0 fully saturated rings. The molecule has 1 aromatic carbocycles. The lowest BCUT2D eigenvalue weighted by Crippen LogP contribution is -1.96. The van der Waals surface area contributed by atoms with Gasteiger partial charge in [0.1, 0.15) is 12.1 Å². The highest BCUT2D eigenvalue weighted by molar-refractivity contribution is 7.09. The molecule has 0 aliphatic carbocycles. The summed E-state index contributed by atoms with van der Waals surface area (Å²) in [6.07, 6.45) is 0. The second kappa shape index (κ2) is 5.76. The SMILES string of the molecule is Cc1nc(-c2cccc(NN=C(C#N)C#N)c2)cs1. The highest BCUT2D eigenvalue weighted by atomic mass is 32.1. The van der Waals surface area contributed by atoms with Crippen molar-refractivity contribution in [2.45, 2.75) is 6.92 Å². The summed E-state index contributed by atoms with van der Waals surface area (Å²) in [5, 5.41) is 23.9. The van der Waals surface area contributed by atoms with Crippen LogP contribution in [0.4, 0.5) is 5.69 Å². The molecule has 0 atom stereocenters. The Morgan fingerprint density at radius 3 is 2.79 bits per heavy atom. The topological polar surface area (TPSA) is 84.9 Å². The number of thiazole rings is 1. The van der Waals surface area contributed by atoms with Crippen LogP contribution >= 0.6 is 11.3 Å². The molecule has 0 unspecified atom stereocenters. The molecule has 0 aliphatic rings. The average Bonchev–Trinajstić information content (AvgIpc) is 2.87. The Morgan fingerprint density at radius 1 is 1.37 bits per heavy atom. The molecular formula is C13H9N5S. The summed E-state index contributed by atoms with van der Waals surface area (Å²) in [4.78, 5) is 4.40. The van der Waals surface area contributed by atoms with Crippen molar-refractivity contribution in [3.05, 3.63) is 34.7 Å². The first-order chi connectivity index (χ1) is 9.22. The van der Waals surface area contributed by atoms with Crippen LogP contribution in [0.2, 0.25) is 0 Å². The molecule has 0 spiro atoms. The molecule has 2 rings (SSSR count). The molecule has 1 heterocycles. The molecule has 0 aliphatic heterocycles. The second-order valence-electron chi connectivity index (χ2n) is 3.63. The number of nitriles is 2. The Hall–Kier alpha value is -2.70. The van der Waals surface area contributed by atoms with Crippen LogP contribution in [0.3, 0.4) is 0 Å². The van der Waals surface area contributed by atoms with Crippen molar-refractivity contribution in [1.82, 2.24) is 4.98 Å². The lowest BCUT2D eigenvalue weighted by molar-refractivity contribution is 1.29.